The molecule has 0 atom stereocenters. The van der Waals surface area contributed by atoms with E-state index in [9.17, 15) is 0 Å². The molecule has 238 valence electrons. The Morgan fingerprint density at radius 3 is 1.25 bits per heavy atom. The Kier molecular flexibility index (Phi) is 5.96. The van der Waals surface area contributed by atoms with E-state index in [0.29, 0.717) is 0 Å². The van der Waals surface area contributed by atoms with Gasteiger partial charge < -0.3 is 13.7 Å². The van der Waals surface area contributed by atoms with Gasteiger partial charge in [0, 0.05) is 49.4 Å². The van der Waals surface area contributed by atoms with Crippen LogP contribution in [-0.2, 0) is 0 Å². The van der Waals surface area contributed by atoms with Gasteiger partial charge in [-0.2, -0.15) is 0 Å². The van der Waals surface area contributed by atoms with Crippen LogP contribution < -0.4 is 0 Å². The summed E-state index contributed by atoms with van der Waals surface area (Å²) in [7, 11) is 0. The molecule has 51 heavy (non-hydrogen) atoms. The highest BCUT2D eigenvalue weighted by atomic mass is 15.0. The van der Waals surface area contributed by atoms with Crippen LogP contribution in [0.3, 0.4) is 0 Å². The molecule has 0 radical (unpaired) electrons. The summed E-state index contributed by atoms with van der Waals surface area (Å²) in [6, 6.07) is 68.3. The third kappa shape index (κ3) is 4.00. The second-order valence-corrected chi connectivity index (χ2v) is 13.3. The quantitative estimate of drug-likeness (QED) is 0.180. The predicted molar refractivity (Wildman–Crippen MR) is 215 cm³/mol. The Balaban J connectivity index is 1.39. The fourth-order valence-electron chi connectivity index (χ4n) is 8.50. The molecule has 3 heterocycles. The summed E-state index contributed by atoms with van der Waals surface area (Å²) in [6.07, 6.45) is 0. The molecular weight excluding hydrogens is 619 g/mol. The van der Waals surface area contributed by atoms with E-state index >= 15 is 0 Å². The zero-order chi connectivity index (χ0) is 33.5. The highest BCUT2D eigenvalue weighted by molar-refractivity contribution is 6.31. The first kappa shape index (κ1) is 28.0. The van der Waals surface area contributed by atoms with E-state index < -0.39 is 0 Å². The number of aromatic nitrogens is 3. The zero-order valence-electron chi connectivity index (χ0n) is 27.7. The zero-order valence-corrected chi connectivity index (χ0v) is 27.7. The lowest BCUT2D eigenvalue weighted by Gasteiger charge is -2.11. The average Bonchev–Trinajstić information content (AvgIpc) is 3.84. The van der Waals surface area contributed by atoms with Gasteiger partial charge in [0.2, 0.25) is 0 Å². The van der Waals surface area contributed by atoms with Gasteiger partial charge in [0.25, 0.3) is 0 Å². The van der Waals surface area contributed by atoms with Gasteiger partial charge in [-0.15, -0.1) is 0 Å². The molecular formula is C48H31N3. The van der Waals surface area contributed by atoms with Gasteiger partial charge in [-0.05, 0) is 77.9 Å². The van der Waals surface area contributed by atoms with Gasteiger partial charge in [0.1, 0.15) is 0 Å². The van der Waals surface area contributed by atoms with E-state index in [-0.39, 0.29) is 0 Å². The van der Waals surface area contributed by atoms with Crippen LogP contribution in [0.1, 0.15) is 0 Å². The molecule has 0 saturated heterocycles. The Bertz CT molecular complexity index is 3090. The maximum atomic E-state index is 2.54. The lowest BCUT2D eigenvalue weighted by Crippen LogP contribution is -1.96. The van der Waals surface area contributed by atoms with Crippen LogP contribution in [0.5, 0.6) is 0 Å². The minimum atomic E-state index is 1.15. The molecule has 8 aromatic carbocycles. The van der Waals surface area contributed by atoms with Crippen molar-refractivity contribution in [1.29, 1.82) is 0 Å². The van der Waals surface area contributed by atoms with Crippen LogP contribution in [0.2, 0.25) is 0 Å². The van der Waals surface area contributed by atoms with Gasteiger partial charge in [0.15, 0.2) is 0 Å². The third-order valence-corrected chi connectivity index (χ3v) is 10.6. The van der Waals surface area contributed by atoms with Crippen molar-refractivity contribution in [3.8, 4) is 28.2 Å². The summed E-state index contributed by atoms with van der Waals surface area (Å²) in [5.74, 6) is 0. The molecule has 3 aromatic heterocycles. The third-order valence-electron chi connectivity index (χ3n) is 10.6. The van der Waals surface area contributed by atoms with E-state index in [1.54, 1.807) is 0 Å². The maximum absolute atomic E-state index is 2.54. The number of hydrogen-bond acceptors (Lipinski definition) is 0. The topological polar surface area (TPSA) is 14.8 Å². The van der Waals surface area contributed by atoms with E-state index in [0.717, 1.165) is 17.1 Å². The van der Waals surface area contributed by atoms with E-state index in [2.05, 4.69) is 202 Å². The SMILES string of the molecule is c1ccc(-c2ccc3c(c2)c2c(ccc4c5ccc6c(c7ccccc7n6-c6ccccc6)c5n(-c5ccccc5)c42)n3-c2ccccc2)cc1. The molecule has 11 rings (SSSR count). The van der Waals surface area contributed by atoms with Crippen molar-refractivity contribution < 1.29 is 0 Å². The molecule has 0 amide bonds. The minimum absolute atomic E-state index is 1.15. The maximum Gasteiger partial charge on any atom is 0.0641 e. The van der Waals surface area contributed by atoms with Gasteiger partial charge in [-0.3, -0.25) is 0 Å². The van der Waals surface area contributed by atoms with Crippen molar-refractivity contribution in [2.75, 3.05) is 0 Å². The van der Waals surface area contributed by atoms with Gasteiger partial charge in [-0.25, -0.2) is 0 Å². The number of rotatable bonds is 4. The minimum Gasteiger partial charge on any atom is -0.309 e. The number of para-hydroxylation sites is 4. The largest absolute Gasteiger partial charge is 0.309 e. The van der Waals surface area contributed by atoms with Crippen molar-refractivity contribution in [1.82, 2.24) is 13.7 Å². The Morgan fingerprint density at radius 1 is 0.255 bits per heavy atom. The monoisotopic (exact) mass is 649 g/mol. The van der Waals surface area contributed by atoms with Crippen molar-refractivity contribution in [3.63, 3.8) is 0 Å². The van der Waals surface area contributed by atoms with Crippen LogP contribution in [0, 0.1) is 0 Å². The van der Waals surface area contributed by atoms with Crippen LogP contribution in [-0.4, -0.2) is 13.7 Å². The van der Waals surface area contributed by atoms with Crippen molar-refractivity contribution >= 4 is 65.4 Å². The number of nitrogens with zero attached hydrogens (tertiary/aromatic N) is 3. The average molecular weight is 650 g/mol. The van der Waals surface area contributed by atoms with Crippen molar-refractivity contribution in [2.45, 2.75) is 0 Å². The Morgan fingerprint density at radius 2 is 0.686 bits per heavy atom. The summed E-state index contributed by atoms with van der Waals surface area (Å²) < 4.78 is 7.39. The second-order valence-electron chi connectivity index (χ2n) is 13.3. The molecule has 0 fully saturated rings. The standard InChI is InChI=1S/C48H31N3/c1-5-15-32(16-6-1)33-25-28-42-40(31-33)46-44(50(42)35-19-9-3-10-20-35)30-27-38-37-26-29-43-45(47(37)51(48(38)46)36-21-11-4-12-22-36)39-23-13-14-24-41(39)49(43)34-17-7-2-8-18-34/h1-31H. The van der Waals surface area contributed by atoms with E-state index in [1.807, 2.05) is 0 Å². The lowest BCUT2D eigenvalue weighted by atomic mass is 10.0. The molecule has 0 N–H and O–H groups in total. The number of hydrogen-bond donors (Lipinski definition) is 0. The lowest BCUT2D eigenvalue weighted by molar-refractivity contribution is 1.17. The molecule has 3 nitrogen and oxygen atoms in total. The summed E-state index contributed by atoms with van der Waals surface area (Å²) in [5, 5.41) is 7.50. The molecule has 3 heteroatoms. The van der Waals surface area contributed by atoms with E-state index in [1.165, 1.54) is 76.5 Å². The van der Waals surface area contributed by atoms with Gasteiger partial charge >= 0.3 is 0 Å². The summed E-state index contributed by atoms with van der Waals surface area (Å²) in [4.78, 5) is 0. The van der Waals surface area contributed by atoms with Gasteiger partial charge in [0.05, 0.1) is 33.1 Å². The second kappa shape index (κ2) is 10.8. The molecule has 0 bridgehead atoms. The highest BCUT2D eigenvalue weighted by Crippen LogP contribution is 2.46. The normalized spacial score (nSPS) is 11.9. The summed E-state index contributed by atoms with van der Waals surface area (Å²) in [6.45, 7) is 0. The number of benzene rings is 8. The number of fused-ring (bicyclic) bond motifs is 11. The fourth-order valence-corrected chi connectivity index (χ4v) is 8.50. The molecule has 0 aliphatic carbocycles. The van der Waals surface area contributed by atoms with E-state index in [4.69, 9.17) is 0 Å². The molecule has 0 aliphatic heterocycles. The van der Waals surface area contributed by atoms with Gasteiger partial charge in [-0.1, -0.05) is 121 Å². The molecule has 0 spiro atoms. The summed E-state index contributed by atoms with van der Waals surface area (Å²) >= 11 is 0. The van der Waals surface area contributed by atoms with Crippen molar-refractivity contribution in [3.05, 3.63) is 188 Å². The van der Waals surface area contributed by atoms with Crippen LogP contribution in [0.4, 0.5) is 0 Å². The Hall–Kier alpha value is -6.84. The molecule has 11 aromatic rings. The summed E-state index contributed by atoms with van der Waals surface area (Å²) in [5.41, 5.74) is 13.1. The van der Waals surface area contributed by atoms with Crippen LogP contribution >= 0.6 is 0 Å². The molecule has 0 unspecified atom stereocenters. The van der Waals surface area contributed by atoms with Crippen LogP contribution in [0.15, 0.2) is 188 Å². The predicted octanol–water partition coefficient (Wildman–Crippen LogP) is 12.6. The smallest absolute Gasteiger partial charge is 0.0641 e. The van der Waals surface area contributed by atoms with Crippen molar-refractivity contribution in [2.24, 2.45) is 0 Å². The molecule has 0 aliphatic rings. The van der Waals surface area contributed by atoms with Crippen LogP contribution in [0.25, 0.3) is 93.6 Å². The Labute approximate surface area is 294 Å². The molecule has 0 saturated carbocycles. The fraction of sp³-hybridized carbons (Fsp3) is 0. The highest BCUT2D eigenvalue weighted by Gasteiger charge is 2.24. The first-order valence-corrected chi connectivity index (χ1v) is 17.5. The first-order valence-electron chi connectivity index (χ1n) is 17.5. The first-order chi connectivity index (χ1) is 25.3.